The van der Waals surface area contributed by atoms with Crippen molar-refractivity contribution in [2.75, 3.05) is 6.54 Å². The van der Waals surface area contributed by atoms with Crippen molar-refractivity contribution in [3.8, 4) is 0 Å². The van der Waals surface area contributed by atoms with Gasteiger partial charge in [-0.2, -0.15) is 0 Å². The van der Waals surface area contributed by atoms with E-state index in [1.165, 1.54) is 16.8 Å². The maximum Gasteiger partial charge on any atom is 0.332 e. The Morgan fingerprint density at radius 3 is 2.85 bits per heavy atom. The van der Waals surface area contributed by atoms with E-state index in [9.17, 15) is 14.4 Å². The summed E-state index contributed by atoms with van der Waals surface area (Å²) in [5.74, 6) is -1.35. The number of aliphatic carboxylic acids is 1. The third kappa shape index (κ3) is 3.24. The van der Waals surface area contributed by atoms with Gasteiger partial charge in [0.05, 0.1) is 6.10 Å². The van der Waals surface area contributed by atoms with Crippen molar-refractivity contribution in [2.45, 2.75) is 25.0 Å². The normalized spacial score (nSPS) is 21.6. The Morgan fingerprint density at radius 1 is 1.50 bits per heavy atom. The summed E-state index contributed by atoms with van der Waals surface area (Å²) in [6, 6.07) is 2.80. The number of pyridine rings is 1. The van der Waals surface area contributed by atoms with E-state index in [0.717, 1.165) is 0 Å². The second-order valence-electron chi connectivity index (χ2n) is 4.74. The molecule has 2 N–H and O–H groups in total. The molecule has 0 bridgehead atoms. The van der Waals surface area contributed by atoms with Gasteiger partial charge in [0.25, 0.3) is 11.5 Å². The maximum atomic E-state index is 11.8. The Labute approximate surface area is 115 Å². The van der Waals surface area contributed by atoms with Crippen molar-refractivity contribution in [1.82, 2.24) is 9.88 Å². The average molecular weight is 280 g/mol. The summed E-state index contributed by atoms with van der Waals surface area (Å²) < 4.78 is 6.64. The van der Waals surface area contributed by atoms with Crippen LogP contribution in [-0.2, 0) is 16.6 Å². The van der Waals surface area contributed by atoms with E-state index in [4.69, 9.17) is 9.84 Å². The SMILES string of the molecule is Cn1ccc(C(=O)NCC2CCC(C(=O)O)O2)cc1=O. The third-order valence-corrected chi connectivity index (χ3v) is 3.24. The molecule has 1 aromatic rings. The third-order valence-electron chi connectivity index (χ3n) is 3.24. The molecule has 1 saturated heterocycles. The fourth-order valence-corrected chi connectivity index (χ4v) is 2.04. The van der Waals surface area contributed by atoms with E-state index >= 15 is 0 Å². The molecule has 0 saturated carbocycles. The van der Waals surface area contributed by atoms with Crippen LogP contribution in [0.5, 0.6) is 0 Å². The average Bonchev–Trinajstić information content (AvgIpc) is 2.88. The highest BCUT2D eigenvalue weighted by Crippen LogP contribution is 2.19. The van der Waals surface area contributed by atoms with Crippen LogP contribution < -0.4 is 10.9 Å². The molecule has 7 nitrogen and oxygen atoms in total. The standard InChI is InChI=1S/C13H16N2O5/c1-15-5-4-8(6-11(15)16)12(17)14-7-9-2-3-10(20-9)13(18)19/h4-6,9-10H,2-3,7H2,1H3,(H,14,17)(H,18,19). The fraction of sp³-hybridized carbons (Fsp3) is 0.462. The highest BCUT2D eigenvalue weighted by molar-refractivity contribution is 5.93. The van der Waals surface area contributed by atoms with Gasteiger partial charge in [0.2, 0.25) is 0 Å². The number of aromatic nitrogens is 1. The lowest BCUT2D eigenvalue weighted by atomic mass is 10.2. The lowest BCUT2D eigenvalue weighted by Crippen LogP contribution is -2.33. The number of hydrogen-bond donors (Lipinski definition) is 2. The van der Waals surface area contributed by atoms with Gasteiger partial charge in [0.15, 0.2) is 6.10 Å². The Kier molecular flexibility index (Phi) is 4.19. The lowest BCUT2D eigenvalue weighted by Gasteiger charge is -2.12. The topological polar surface area (TPSA) is 97.6 Å². The minimum atomic E-state index is -0.981. The van der Waals surface area contributed by atoms with Crippen LogP contribution in [0.15, 0.2) is 23.1 Å². The van der Waals surface area contributed by atoms with Crippen LogP contribution in [0.3, 0.4) is 0 Å². The highest BCUT2D eigenvalue weighted by Gasteiger charge is 2.30. The van der Waals surface area contributed by atoms with E-state index in [-0.39, 0.29) is 29.7 Å². The summed E-state index contributed by atoms with van der Waals surface area (Å²) in [5, 5.41) is 11.4. The van der Waals surface area contributed by atoms with E-state index in [1.54, 1.807) is 13.1 Å². The van der Waals surface area contributed by atoms with Crippen LogP contribution in [0.2, 0.25) is 0 Å². The summed E-state index contributed by atoms with van der Waals surface area (Å²) in [6.45, 7) is 0.234. The number of aryl methyl sites for hydroxylation is 1. The van der Waals surface area contributed by atoms with Crippen molar-refractivity contribution < 1.29 is 19.4 Å². The second kappa shape index (κ2) is 5.87. The second-order valence-corrected chi connectivity index (χ2v) is 4.74. The molecule has 7 heteroatoms. The Bertz CT molecular complexity index is 580. The first-order valence-electron chi connectivity index (χ1n) is 6.30. The maximum absolute atomic E-state index is 11.8. The Balaban J connectivity index is 1.88. The van der Waals surface area contributed by atoms with Gasteiger partial charge in [0, 0.05) is 31.4 Å². The molecule has 2 atom stereocenters. The molecule has 1 fully saturated rings. The number of carboxylic acid groups (broad SMARTS) is 1. The highest BCUT2D eigenvalue weighted by atomic mass is 16.5. The van der Waals surface area contributed by atoms with E-state index < -0.39 is 12.1 Å². The first kappa shape index (κ1) is 14.3. The number of carbonyl (C=O) groups is 2. The molecule has 1 amide bonds. The van der Waals surface area contributed by atoms with Gasteiger partial charge in [-0.05, 0) is 18.9 Å². The number of nitrogens with zero attached hydrogens (tertiary/aromatic N) is 1. The first-order chi connectivity index (χ1) is 9.47. The van der Waals surface area contributed by atoms with Gasteiger partial charge in [-0.15, -0.1) is 0 Å². The molecule has 2 unspecified atom stereocenters. The van der Waals surface area contributed by atoms with Crippen molar-refractivity contribution in [3.05, 3.63) is 34.2 Å². The predicted octanol–water partition coefficient (Wildman–Crippen LogP) is -0.253. The number of ether oxygens (including phenoxy) is 1. The van der Waals surface area contributed by atoms with Crippen molar-refractivity contribution >= 4 is 11.9 Å². The summed E-state index contributed by atoms with van der Waals surface area (Å²) in [7, 11) is 1.60. The fourth-order valence-electron chi connectivity index (χ4n) is 2.04. The minimum absolute atomic E-state index is 0.234. The summed E-state index contributed by atoms with van der Waals surface area (Å²) in [6.07, 6.45) is 1.46. The molecule has 0 aromatic carbocycles. The van der Waals surface area contributed by atoms with Crippen LogP contribution in [0.4, 0.5) is 0 Å². The molecule has 1 aliphatic heterocycles. The molecule has 108 valence electrons. The molecule has 2 rings (SSSR count). The zero-order valence-corrected chi connectivity index (χ0v) is 11.0. The number of rotatable bonds is 4. The van der Waals surface area contributed by atoms with Gasteiger partial charge in [-0.1, -0.05) is 0 Å². The van der Waals surface area contributed by atoms with Gasteiger partial charge in [0.1, 0.15) is 0 Å². The molecule has 0 spiro atoms. The van der Waals surface area contributed by atoms with Crippen molar-refractivity contribution in [3.63, 3.8) is 0 Å². The molecular weight excluding hydrogens is 264 g/mol. The quantitative estimate of drug-likeness (QED) is 0.792. The molecule has 20 heavy (non-hydrogen) atoms. The van der Waals surface area contributed by atoms with E-state index in [0.29, 0.717) is 12.8 Å². The largest absolute Gasteiger partial charge is 0.479 e. The van der Waals surface area contributed by atoms with E-state index in [1.807, 2.05) is 0 Å². The summed E-state index contributed by atoms with van der Waals surface area (Å²) in [5.41, 5.74) is 0.0154. The van der Waals surface area contributed by atoms with Crippen LogP contribution in [0.1, 0.15) is 23.2 Å². The smallest absolute Gasteiger partial charge is 0.332 e. The summed E-state index contributed by atoms with van der Waals surface area (Å²) >= 11 is 0. The Hall–Kier alpha value is -2.15. The molecule has 1 aliphatic rings. The number of carboxylic acids is 1. The lowest BCUT2D eigenvalue weighted by molar-refractivity contribution is -0.149. The molecule has 1 aromatic heterocycles. The summed E-state index contributed by atoms with van der Waals surface area (Å²) in [4.78, 5) is 34.0. The van der Waals surface area contributed by atoms with Crippen LogP contribution in [-0.4, -0.2) is 40.3 Å². The van der Waals surface area contributed by atoms with Crippen molar-refractivity contribution in [2.24, 2.45) is 7.05 Å². The molecule has 0 aliphatic carbocycles. The van der Waals surface area contributed by atoms with Gasteiger partial charge in [-0.25, -0.2) is 4.79 Å². The molecule has 0 radical (unpaired) electrons. The van der Waals surface area contributed by atoms with Gasteiger partial charge >= 0.3 is 5.97 Å². The zero-order chi connectivity index (χ0) is 14.7. The first-order valence-corrected chi connectivity index (χ1v) is 6.30. The number of nitrogens with one attached hydrogen (secondary N) is 1. The molecular formula is C13H16N2O5. The number of carbonyl (C=O) groups excluding carboxylic acids is 1. The zero-order valence-electron chi connectivity index (χ0n) is 11.0. The van der Waals surface area contributed by atoms with E-state index in [2.05, 4.69) is 5.32 Å². The number of amides is 1. The van der Waals surface area contributed by atoms with Gasteiger partial charge in [-0.3, -0.25) is 9.59 Å². The van der Waals surface area contributed by atoms with Crippen LogP contribution in [0, 0.1) is 0 Å². The number of hydrogen-bond acceptors (Lipinski definition) is 4. The Morgan fingerprint density at radius 2 is 2.25 bits per heavy atom. The van der Waals surface area contributed by atoms with Crippen molar-refractivity contribution in [1.29, 1.82) is 0 Å². The van der Waals surface area contributed by atoms with Gasteiger partial charge < -0.3 is 19.7 Å². The predicted molar refractivity (Wildman–Crippen MR) is 69.5 cm³/mol. The monoisotopic (exact) mass is 280 g/mol. The van der Waals surface area contributed by atoms with Crippen LogP contribution in [0.25, 0.3) is 0 Å². The minimum Gasteiger partial charge on any atom is -0.479 e. The molecule has 2 heterocycles. The van der Waals surface area contributed by atoms with Crippen LogP contribution >= 0.6 is 0 Å².